The smallest absolute Gasteiger partial charge is 0.257 e. The first kappa shape index (κ1) is 15.7. The monoisotopic (exact) mass is 313 g/mol. The van der Waals surface area contributed by atoms with Crippen LogP contribution in [0.2, 0.25) is 0 Å². The van der Waals surface area contributed by atoms with Gasteiger partial charge in [0.25, 0.3) is 5.91 Å². The van der Waals surface area contributed by atoms with Gasteiger partial charge in [0.15, 0.2) is 0 Å². The first-order valence-corrected chi connectivity index (χ1v) is 8.19. The van der Waals surface area contributed by atoms with Gasteiger partial charge >= 0.3 is 0 Å². The second kappa shape index (κ2) is 6.96. The predicted octanol–water partition coefficient (Wildman–Crippen LogP) is 2.31. The van der Waals surface area contributed by atoms with Crippen molar-refractivity contribution in [1.82, 2.24) is 14.7 Å². The summed E-state index contributed by atoms with van der Waals surface area (Å²) >= 11 is 0. The maximum atomic E-state index is 12.7. The van der Waals surface area contributed by atoms with Gasteiger partial charge in [-0.2, -0.15) is 5.10 Å². The fourth-order valence-electron chi connectivity index (χ4n) is 3.24. The number of aliphatic hydroxyl groups is 1. The van der Waals surface area contributed by atoms with Crippen LogP contribution in [0.1, 0.15) is 42.1 Å². The number of aliphatic hydroxyl groups excluding tert-OH is 1. The quantitative estimate of drug-likeness (QED) is 0.921. The van der Waals surface area contributed by atoms with Gasteiger partial charge in [-0.15, -0.1) is 0 Å². The molecular formula is C18H23N3O2. The van der Waals surface area contributed by atoms with Crippen LogP contribution in [0.3, 0.4) is 0 Å². The van der Waals surface area contributed by atoms with Crippen molar-refractivity contribution in [3.8, 4) is 0 Å². The molecule has 2 heterocycles. The van der Waals surface area contributed by atoms with Crippen molar-refractivity contribution in [1.29, 1.82) is 0 Å². The van der Waals surface area contributed by atoms with Crippen LogP contribution in [-0.4, -0.2) is 44.4 Å². The topological polar surface area (TPSA) is 58.4 Å². The molecule has 23 heavy (non-hydrogen) atoms. The number of carbonyl (C=O) groups excluding carboxylic acids is 1. The lowest BCUT2D eigenvalue weighted by Crippen LogP contribution is -2.37. The van der Waals surface area contributed by atoms with Crippen LogP contribution in [0.25, 0.3) is 0 Å². The van der Waals surface area contributed by atoms with E-state index in [0.29, 0.717) is 18.5 Å². The molecule has 122 valence electrons. The van der Waals surface area contributed by atoms with E-state index in [9.17, 15) is 9.90 Å². The van der Waals surface area contributed by atoms with Crippen molar-refractivity contribution in [2.75, 3.05) is 6.54 Å². The molecule has 0 spiro atoms. The summed E-state index contributed by atoms with van der Waals surface area (Å²) in [6.45, 7) is 3.20. The van der Waals surface area contributed by atoms with Crippen LogP contribution in [0, 0.1) is 0 Å². The van der Waals surface area contributed by atoms with Gasteiger partial charge in [0.05, 0.1) is 24.4 Å². The summed E-state index contributed by atoms with van der Waals surface area (Å²) in [6.07, 6.45) is 5.69. The number of hydrogen-bond acceptors (Lipinski definition) is 3. The van der Waals surface area contributed by atoms with Crippen molar-refractivity contribution in [3.63, 3.8) is 0 Å². The lowest BCUT2D eigenvalue weighted by molar-refractivity contribution is 0.0682. The van der Waals surface area contributed by atoms with Crippen LogP contribution in [0.5, 0.6) is 0 Å². The summed E-state index contributed by atoms with van der Waals surface area (Å²) in [5.41, 5.74) is 1.78. The van der Waals surface area contributed by atoms with Crippen LogP contribution in [0.15, 0.2) is 42.7 Å². The Morgan fingerprint density at radius 2 is 2.17 bits per heavy atom. The third-order valence-electron chi connectivity index (χ3n) is 4.32. The standard InChI is InChI=1S/C18H23N3O2/c1-14(22)10-17-8-5-9-21(17)18(23)16-11-19-20(13-16)12-15-6-3-2-4-7-15/h2-4,6-7,11,13-14,17,22H,5,8-10,12H2,1H3. The molecule has 2 unspecified atom stereocenters. The molecule has 3 rings (SSSR count). The molecule has 5 nitrogen and oxygen atoms in total. The van der Waals surface area contributed by atoms with Gasteiger partial charge in [0, 0.05) is 18.8 Å². The number of amides is 1. The van der Waals surface area contributed by atoms with E-state index in [1.165, 1.54) is 0 Å². The summed E-state index contributed by atoms with van der Waals surface area (Å²) in [6, 6.07) is 10.2. The number of nitrogens with zero attached hydrogens (tertiary/aromatic N) is 3. The first-order valence-electron chi connectivity index (χ1n) is 8.19. The van der Waals surface area contributed by atoms with E-state index < -0.39 is 0 Å². The molecule has 1 fully saturated rings. The molecule has 1 saturated heterocycles. The minimum atomic E-state index is -0.380. The Morgan fingerprint density at radius 3 is 2.91 bits per heavy atom. The van der Waals surface area contributed by atoms with Crippen LogP contribution in [0.4, 0.5) is 0 Å². The summed E-state index contributed by atoms with van der Waals surface area (Å²) in [4.78, 5) is 14.6. The van der Waals surface area contributed by atoms with Gasteiger partial charge in [-0.05, 0) is 31.7 Å². The van der Waals surface area contributed by atoms with Gasteiger partial charge in [0.2, 0.25) is 0 Å². The zero-order chi connectivity index (χ0) is 16.2. The summed E-state index contributed by atoms with van der Waals surface area (Å²) in [5.74, 6) is 0.0208. The molecule has 2 atom stereocenters. The fourth-order valence-corrected chi connectivity index (χ4v) is 3.24. The number of aromatic nitrogens is 2. The fraction of sp³-hybridized carbons (Fsp3) is 0.444. The van der Waals surface area contributed by atoms with E-state index in [1.54, 1.807) is 17.8 Å². The van der Waals surface area contributed by atoms with Crippen molar-refractivity contribution in [2.24, 2.45) is 0 Å². The van der Waals surface area contributed by atoms with Crippen molar-refractivity contribution >= 4 is 5.91 Å². The number of carbonyl (C=O) groups is 1. The first-order chi connectivity index (χ1) is 11.1. The molecule has 0 bridgehead atoms. The summed E-state index contributed by atoms with van der Waals surface area (Å²) in [7, 11) is 0. The Balaban J connectivity index is 1.68. The maximum Gasteiger partial charge on any atom is 0.257 e. The lowest BCUT2D eigenvalue weighted by Gasteiger charge is -2.25. The molecule has 1 N–H and O–H groups in total. The highest BCUT2D eigenvalue weighted by Gasteiger charge is 2.30. The molecule has 0 saturated carbocycles. The van der Waals surface area contributed by atoms with E-state index in [0.717, 1.165) is 24.9 Å². The zero-order valence-corrected chi connectivity index (χ0v) is 13.4. The Hall–Kier alpha value is -2.14. The van der Waals surface area contributed by atoms with E-state index in [1.807, 2.05) is 41.4 Å². The Kier molecular flexibility index (Phi) is 4.76. The molecular weight excluding hydrogens is 290 g/mol. The Bertz CT molecular complexity index is 651. The zero-order valence-electron chi connectivity index (χ0n) is 13.4. The van der Waals surface area contributed by atoms with Crippen molar-refractivity contribution in [2.45, 2.75) is 44.9 Å². The van der Waals surface area contributed by atoms with Gasteiger partial charge in [-0.3, -0.25) is 9.48 Å². The number of benzene rings is 1. The largest absolute Gasteiger partial charge is 0.393 e. The van der Waals surface area contributed by atoms with Gasteiger partial charge in [-0.1, -0.05) is 30.3 Å². The maximum absolute atomic E-state index is 12.7. The predicted molar refractivity (Wildman–Crippen MR) is 88.1 cm³/mol. The number of hydrogen-bond donors (Lipinski definition) is 1. The molecule has 0 radical (unpaired) electrons. The highest BCUT2D eigenvalue weighted by atomic mass is 16.3. The third kappa shape index (κ3) is 3.79. The molecule has 5 heteroatoms. The molecule has 1 amide bonds. The second-order valence-electron chi connectivity index (χ2n) is 6.29. The second-order valence-corrected chi connectivity index (χ2v) is 6.29. The normalized spacial score (nSPS) is 19.0. The Labute approximate surface area is 136 Å². The van der Waals surface area contributed by atoms with Crippen molar-refractivity contribution < 1.29 is 9.90 Å². The molecule has 1 aliphatic rings. The highest BCUT2D eigenvalue weighted by molar-refractivity contribution is 5.94. The average molecular weight is 313 g/mol. The lowest BCUT2D eigenvalue weighted by atomic mass is 10.1. The minimum absolute atomic E-state index is 0.0208. The molecule has 1 aromatic heterocycles. The van der Waals surface area contributed by atoms with Gasteiger partial charge < -0.3 is 10.0 Å². The van der Waals surface area contributed by atoms with Crippen LogP contribution < -0.4 is 0 Å². The van der Waals surface area contributed by atoms with Gasteiger partial charge in [0.1, 0.15) is 0 Å². The summed E-state index contributed by atoms with van der Waals surface area (Å²) in [5, 5.41) is 13.9. The van der Waals surface area contributed by atoms with Crippen LogP contribution in [-0.2, 0) is 6.54 Å². The minimum Gasteiger partial charge on any atom is -0.393 e. The molecule has 1 aliphatic heterocycles. The number of likely N-dealkylation sites (tertiary alicyclic amines) is 1. The van der Waals surface area contributed by atoms with Crippen LogP contribution >= 0.6 is 0 Å². The molecule has 2 aromatic rings. The highest BCUT2D eigenvalue weighted by Crippen LogP contribution is 2.23. The number of rotatable bonds is 5. The third-order valence-corrected chi connectivity index (χ3v) is 4.32. The average Bonchev–Trinajstić information content (AvgIpc) is 3.17. The SMILES string of the molecule is CC(O)CC1CCCN1C(=O)c1cnn(Cc2ccccc2)c1. The van der Waals surface area contributed by atoms with Gasteiger partial charge in [-0.25, -0.2) is 0 Å². The summed E-state index contributed by atoms with van der Waals surface area (Å²) < 4.78 is 1.79. The van der Waals surface area contributed by atoms with E-state index in [-0.39, 0.29) is 18.1 Å². The Morgan fingerprint density at radius 1 is 1.39 bits per heavy atom. The van der Waals surface area contributed by atoms with E-state index in [4.69, 9.17) is 0 Å². The van der Waals surface area contributed by atoms with Crippen molar-refractivity contribution in [3.05, 3.63) is 53.9 Å². The van der Waals surface area contributed by atoms with E-state index in [2.05, 4.69) is 5.10 Å². The molecule has 1 aromatic carbocycles. The molecule has 0 aliphatic carbocycles. The van der Waals surface area contributed by atoms with E-state index >= 15 is 0 Å².